The molecule has 1 aromatic rings. The quantitative estimate of drug-likeness (QED) is 0.729. The molecule has 1 atom stereocenters. The second-order valence-corrected chi connectivity index (χ2v) is 5.50. The molecule has 0 saturated heterocycles. The van der Waals surface area contributed by atoms with Gasteiger partial charge in [0.2, 0.25) is 0 Å². The Hall–Kier alpha value is -1.06. The molecule has 0 heterocycles. The lowest BCUT2D eigenvalue weighted by atomic mass is 9.90. The molecular formula is C17H29NO2. The number of aliphatic hydroxyl groups excluding tert-OH is 1. The van der Waals surface area contributed by atoms with Crippen LogP contribution >= 0.6 is 0 Å². The molecule has 3 heteroatoms. The van der Waals surface area contributed by atoms with E-state index in [9.17, 15) is 5.11 Å². The van der Waals surface area contributed by atoms with Crippen molar-refractivity contribution in [3.05, 3.63) is 29.8 Å². The Morgan fingerprint density at radius 1 is 1.10 bits per heavy atom. The first-order valence-electron chi connectivity index (χ1n) is 7.67. The van der Waals surface area contributed by atoms with Crippen LogP contribution in [0.15, 0.2) is 24.3 Å². The zero-order valence-corrected chi connectivity index (χ0v) is 13.3. The van der Waals surface area contributed by atoms with Gasteiger partial charge in [-0.25, -0.2) is 0 Å². The first-order chi connectivity index (χ1) is 9.55. The largest absolute Gasteiger partial charge is 0.491 e. The molecule has 0 fully saturated rings. The van der Waals surface area contributed by atoms with Crippen molar-refractivity contribution in [2.45, 2.75) is 58.6 Å². The Morgan fingerprint density at radius 3 is 2.15 bits per heavy atom. The molecule has 0 aliphatic carbocycles. The molecule has 0 bridgehead atoms. The molecule has 0 radical (unpaired) electrons. The van der Waals surface area contributed by atoms with Crippen molar-refractivity contribution in [1.82, 2.24) is 5.32 Å². The summed E-state index contributed by atoms with van der Waals surface area (Å²) in [5, 5.41) is 13.5. The van der Waals surface area contributed by atoms with Gasteiger partial charge in [-0.2, -0.15) is 0 Å². The van der Waals surface area contributed by atoms with Gasteiger partial charge in [-0.15, -0.1) is 0 Å². The molecule has 3 nitrogen and oxygen atoms in total. The highest BCUT2D eigenvalue weighted by molar-refractivity contribution is 5.26. The summed E-state index contributed by atoms with van der Waals surface area (Å²) in [7, 11) is 0. The van der Waals surface area contributed by atoms with E-state index in [2.05, 4.69) is 26.1 Å². The predicted molar refractivity (Wildman–Crippen MR) is 84.3 cm³/mol. The van der Waals surface area contributed by atoms with Crippen LogP contribution in [0.2, 0.25) is 0 Å². The summed E-state index contributed by atoms with van der Waals surface area (Å²) in [6, 6.07) is 7.89. The molecule has 20 heavy (non-hydrogen) atoms. The van der Waals surface area contributed by atoms with Crippen molar-refractivity contribution in [2.24, 2.45) is 0 Å². The molecule has 0 saturated carbocycles. The van der Waals surface area contributed by atoms with Gasteiger partial charge in [-0.1, -0.05) is 38.5 Å². The summed E-state index contributed by atoms with van der Waals surface area (Å²) in [5.41, 5.74) is 1.35. The molecule has 0 aromatic heterocycles. The normalized spacial score (nSPS) is 13.2. The van der Waals surface area contributed by atoms with Crippen molar-refractivity contribution >= 4 is 0 Å². The number of rotatable bonds is 9. The summed E-state index contributed by atoms with van der Waals surface area (Å²) >= 11 is 0. The molecule has 2 N–H and O–H groups in total. The smallest absolute Gasteiger partial charge is 0.119 e. The molecule has 0 amide bonds. The number of nitrogens with one attached hydrogen (secondary N) is 1. The number of benzene rings is 1. The summed E-state index contributed by atoms with van der Waals surface area (Å²) in [4.78, 5) is 0. The second-order valence-electron chi connectivity index (χ2n) is 5.50. The second kappa shape index (κ2) is 8.28. The average molecular weight is 279 g/mol. The Kier molecular flexibility index (Phi) is 7.03. The molecule has 0 spiro atoms. The number of β-amino-alcohol motifs (C(OH)–C–C–N with tert-alkyl or cyclic N) is 1. The predicted octanol–water partition coefficient (Wildman–Crippen LogP) is 3.29. The standard InChI is InChI=1S/C17H29NO2/c1-5-17(6-2,7-3)18-12-15(19)13-20-16-10-8-14(4)9-11-16/h8-11,15,18-19H,5-7,12-13H2,1-4H3. The Bertz CT molecular complexity index is 363. The van der Waals surface area contributed by atoms with Crippen LogP contribution < -0.4 is 10.1 Å². The number of aliphatic hydroxyl groups is 1. The fourth-order valence-corrected chi connectivity index (χ4v) is 2.35. The Balaban J connectivity index is 2.36. The van der Waals surface area contributed by atoms with E-state index in [4.69, 9.17) is 4.74 Å². The van der Waals surface area contributed by atoms with Gasteiger partial charge in [-0.3, -0.25) is 0 Å². The van der Waals surface area contributed by atoms with Crippen LogP contribution in [-0.2, 0) is 0 Å². The average Bonchev–Trinajstić information content (AvgIpc) is 2.48. The lowest BCUT2D eigenvalue weighted by Crippen LogP contribution is -2.47. The van der Waals surface area contributed by atoms with Crippen LogP contribution in [0.1, 0.15) is 45.6 Å². The van der Waals surface area contributed by atoms with E-state index >= 15 is 0 Å². The zero-order chi connectivity index (χ0) is 15.0. The minimum absolute atomic E-state index is 0.144. The first kappa shape index (κ1) is 17.0. The monoisotopic (exact) mass is 279 g/mol. The highest BCUT2D eigenvalue weighted by Gasteiger charge is 2.23. The maximum absolute atomic E-state index is 10.0. The third-order valence-corrected chi connectivity index (χ3v) is 4.21. The van der Waals surface area contributed by atoms with Crippen LogP contribution in [0.3, 0.4) is 0 Å². The van der Waals surface area contributed by atoms with E-state index in [1.807, 2.05) is 31.2 Å². The molecule has 114 valence electrons. The van der Waals surface area contributed by atoms with Gasteiger partial charge >= 0.3 is 0 Å². The molecule has 1 unspecified atom stereocenters. The third-order valence-electron chi connectivity index (χ3n) is 4.21. The molecular weight excluding hydrogens is 250 g/mol. The number of aryl methyl sites for hydroxylation is 1. The SMILES string of the molecule is CCC(CC)(CC)NCC(O)COc1ccc(C)cc1. The number of hydrogen-bond donors (Lipinski definition) is 2. The Labute approximate surface area is 123 Å². The zero-order valence-electron chi connectivity index (χ0n) is 13.3. The van der Waals surface area contributed by atoms with Crippen molar-refractivity contribution in [3.8, 4) is 5.75 Å². The van der Waals surface area contributed by atoms with Gasteiger partial charge in [0, 0.05) is 12.1 Å². The minimum atomic E-state index is -0.486. The summed E-state index contributed by atoms with van der Waals surface area (Å²) < 4.78 is 5.60. The van der Waals surface area contributed by atoms with Crippen LogP contribution in [0.4, 0.5) is 0 Å². The van der Waals surface area contributed by atoms with E-state index in [0.717, 1.165) is 25.0 Å². The highest BCUT2D eigenvalue weighted by Crippen LogP contribution is 2.19. The topological polar surface area (TPSA) is 41.5 Å². The fourth-order valence-electron chi connectivity index (χ4n) is 2.35. The highest BCUT2D eigenvalue weighted by atomic mass is 16.5. The Morgan fingerprint density at radius 2 is 1.65 bits per heavy atom. The number of hydrogen-bond acceptors (Lipinski definition) is 3. The summed E-state index contributed by atoms with van der Waals surface area (Å²) in [5.74, 6) is 0.808. The van der Waals surface area contributed by atoms with Gasteiger partial charge in [0.25, 0.3) is 0 Å². The van der Waals surface area contributed by atoms with E-state index in [1.54, 1.807) is 0 Å². The molecule has 1 rings (SSSR count). The maximum Gasteiger partial charge on any atom is 0.119 e. The molecule has 1 aromatic carbocycles. The van der Waals surface area contributed by atoms with Crippen LogP contribution in [0.25, 0.3) is 0 Å². The van der Waals surface area contributed by atoms with Crippen molar-refractivity contribution < 1.29 is 9.84 Å². The van der Waals surface area contributed by atoms with Gasteiger partial charge in [0.1, 0.15) is 18.5 Å². The summed E-state index contributed by atoms with van der Waals surface area (Å²) in [6.07, 6.45) is 2.74. The molecule has 0 aliphatic heterocycles. The first-order valence-corrected chi connectivity index (χ1v) is 7.67. The fraction of sp³-hybridized carbons (Fsp3) is 0.647. The minimum Gasteiger partial charge on any atom is -0.491 e. The third kappa shape index (κ3) is 5.14. The van der Waals surface area contributed by atoms with Gasteiger partial charge in [-0.05, 0) is 38.3 Å². The van der Waals surface area contributed by atoms with Gasteiger partial charge in [0.15, 0.2) is 0 Å². The van der Waals surface area contributed by atoms with Crippen LogP contribution in [0.5, 0.6) is 5.75 Å². The van der Waals surface area contributed by atoms with Crippen LogP contribution in [-0.4, -0.2) is 29.9 Å². The van der Waals surface area contributed by atoms with E-state index in [0.29, 0.717) is 13.2 Å². The van der Waals surface area contributed by atoms with Gasteiger partial charge in [0.05, 0.1) is 0 Å². The summed E-state index contributed by atoms with van der Waals surface area (Å²) in [6.45, 7) is 9.51. The maximum atomic E-state index is 10.0. The lowest BCUT2D eigenvalue weighted by molar-refractivity contribution is 0.0942. The van der Waals surface area contributed by atoms with E-state index in [-0.39, 0.29) is 5.54 Å². The number of ether oxygens (including phenoxy) is 1. The lowest BCUT2D eigenvalue weighted by Gasteiger charge is -2.33. The van der Waals surface area contributed by atoms with Crippen molar-refractivity contribution in [3.63, 3.8) is 0 Å². The van der Waals surface area contributed by atoms with Gasteiger partial charge < -0.3 is 15.2 Å². The van der Waals surface area contributed by atoms with Crippen LogP contribution in [0, 0.1) is 6.92 Å². The van der Waals surface area contributed by atoms with Crippen molar-refractivity contribution in [1.29, 1.82) is 0 Å². The van der Waals surface area contributed by atoms with E-state index in [1.165, 1.54) is 5.56 Å². The van der Waals surface area contributed by atoms with Crippen molar-refractivity contribution in [2.75, 3.05) is 13.2 Å². The van der Waals surface area contributed by atoms with E-state index < -0.39 is 6.10 Å². The molecule has 0 aliphatic rings.